The number of benzene rings is 2. The van der Waals surface area contributed by atoms with E-state index >= 15 is 0 Å². The third-order valence-electron chi connectivity index (χ3n) is 6.22. The van der Waals surface area contributed by atoms with Gasteiger partial charge in [-0.1, -0.05) is 49.4 Å². The lowest BCUT2D eigenvalue weighted by Gasteiger charge is -2.29. The number of anilines is 1. The van der Waals surface area contributed by atoms with E-state index in [0.717, 1.165) is 21.8 Å². The fourth-order valence-electron chi connectivity index (χ4n) is 4.20. The Morgan fingerprint density at radius 2 is 1.79 bits per heavy atom. The molecule has 0 saturated carbocycles. The van der Waals surface area contributed by atoms with E-state index < -0.39 is 41.8 Å². The van der Waals surface area contributed by atoms with Crippen molar-refractivity contribution >= 4 is 40.3 Å². The molecule has 2 unspecified atom stereocenters. The van der Waals surface area contributed by atoms with E-state index in [1.807, 2.05) is 30.3 Å². The molecule has 4 amide bonds. The number of rotatable bonds is 11. The Bertz CT molecular complexity index is 1330. The SMILES string of the molecule is COCCOc1ccc([C@H]2NC(=O)N(C(C(=O)Nc3nc(C(=O)OC)cs3)C(C)c3ccccc3)C2=O)cc1. The first-order valence-corrected chi connectivity index (χ1v) is 13.0. The zero-order valence-corrected chi connectivity index (χ0v) is 22.4. The summed E-state index contributed by atoms with van der Waals surface area (Å²) in [6.07, 6.45) is 0. The van der Waals surface area contributed by atoms with Crippen LogP contribution in [-0.4, -0.2) is 67.2 Å². The van der Waals surface area contributed by atoms with Crippen LogP contribution in [0.2, 0.25) is 0 Å². The number of ether oxygens (including phenoxy) is 3. The van der Waals surface area contributed by atoms with Gasteiger partial charge in [0.2, 0.25) is 5.91 Å². The quantitative estimate of drug-likeness (QED) is 0.210. The molecule has 0 aliphatic carbocycles. The lowest BCUT2D eigenvalue weighted by atomic mass is 9.91. The van der Waals surface area contributed by atoms with Crippen LogP contribution in [0.1, 0.15) is 40.5 Å². The van der Waals surface area contributed by atoms with E-state index in [4.69, 9.17) is 9.47 Å². The van der Waals surface area contributed by atoms with Crippen molar-refractivity contribution in [3.63, 3.8) is 0 Å². The fraction of sp³-hybridized carbons (Fsp3) is 0.296. The van der Waals surface area contributed by atoms with Crippen molar-refractivity contribution in [2.45, 2.75) is 24.9 Å². The zero-order valence-electron chi connectivity index (χ0n) is 21.6. The van der Waals surface area contributed by atoms with Crippen LogP contribution in [-0.2, 0) is 19.1 Å². The zero-order chi connectivity index (χ0) is 27.9. The standard InChI is InChI=1S/C27H28N4O7S/c1-16(17-7-5-4-6-8-17)22(23(32)30-26-28-20(15-39-26)25(34)37-3)31-24(33)21(29-27(31)35)18-9-11-19(12-10-18)38-14-13-36-2/h4-12,15-16,21-22H,13-14H2,1-3H3,(H,29,35)(H,28,30,32)/t16?,21-,22?/m1/s1. The molecule has 12 heteroatoms. The smallest absolute Gasteiger partial charge is 0.357 e. The lowest BCUT2D eigenvalue weighted by Crippen LogP contribution is -2.50. The molecule has 0 spiro atoms. The van der Waals surface area contributed by atoms with Crippen molar-refractivity contribution in [2.75, 3.05) is 32.8 Å². The molecule has 204 valence electrons. The molecule has 1 aromatic heterocycles. The Morgan fingerprint density at radius 3 is 2.46 bits per heavy atom. The van der Waals surface area contributed by atoms with E-state index in [-0.39, 0.29) is 10.8 Å². The summed E-state index contributed by atoms with van der Waals surface area (Å²) < 4.78 is 15.2. The predicted molar refractivity (Wildman–Crippen MR) is 143 cm³/mol. The van der Waals surface area contributed by atoms with Crippen LogP contribution in [0.5, 0.6) is 5.75 Å². The minimum absolute atomic E-state index is 0.0372. The van der Waals surface area contributed by atoms with Crippen molar-refractivity contribution < 1.29 is 33.4 Å². The highest BCUT2D eigenvalue weighted by molar-refractivity contribution is 7.14. The molecule has 1 aliphatic heterocycles. The average Bonchev–Trinajstić information content (AvgIpc) is 3.53. The molecule has 3 aromatic rings. The van der Waals surface area contributed by atoms with Gasteiger partial charge >= 0.3 is 12.0 Å². The monoisotopic (exact) mass is 552 g/mol. The summed E-state index contributed by atoms with van der Waals surface area (Å²) in [5.41, 5.74) is 1.34. The van der Waals surface area contributed by atoms with Crippen molar-refractivity contribution in [1.29, 1.82) is 0 Å². The van der Waals surface area contributed by atoms with Gasteiger partial charge in [-0.2, -0.15) is 0 Å². The van der Waals surface area contributed by atoms with Gasteiger partial charge in [-0.3, -0.25) is 9.59 Å². The fourth-order valence-corrected chi connectivity index (χ4v) is 4.88. The van der Waals surface area contributed by atoms with Crippen LogP contribution in [0.25, 0.3) is 0 Å². The van der Waals surface area contributed by atoms with E-state index in [9.17, 15) is 19.2 Å². The summed E-state index contributed by atoms with van der Waals surface area (Å²) in [4.78, 5) is 57.2. The summed E-state index contributed by atoms with van der Waals surface area (Å²) in [7, 11) is 2.81. The van der Waals surface area contributed by atoms with Crippen LogP contribution in [0, 0.1) is 0 Å². The van der Waals surface area contributed by atoms with Gasteiger partial charge in [-0.15, -0.1) is 11.3 Å². The maximum absolute atomic E-state index is 13.6. The minimum Gasteiger partial charge on any atom is -0.491 e. The van der Waals surface area contributed by atoms with Gasteiger partial charge in [0.1, 0.15) is 24.4 Å². The lowest BCUT2D eigenvalue weighted by molar-refractivity contribution is -0.134. The second-order valence-corrected chi connectivity index (χ2v) is 9.52. The minimum atomic E-state index is -1.20. The number of nitrogens with one attached hydrogen (secondary N) is 2. The normalized spacial score (nSPS) is 16.4. The van der Waals surface area contributed by atoms with E-state index in [2.05, 4.69) is 20.4 Å². The molecule has 0 radical (unpaired) electrons. The third-order valence-corrected chi connectivity index (χ3v) is 6.97. The number of amides is 4. The second kappa shape index (κ2) is 12.5. The van der Waals surface area contributed by atoms with Gasteiger partial charge < -0.3 is 24.8 Å². The maximum atomic E-state index is 13.6. The topological polar surface area (TPSA) is 136 Å². The number of esters is 1. The number of carbonyl (C=O) groups is 4. The number of aromatic nitrogens is 1. The van der Waals surface area contributed by atoms with E-state index in [1.54, 1.807) is 38.3 Å². The van der Waals surface area contributed by atoms with Crippen LogP contribution >= 0.6 is 11.3 Å². The van der Waals surface area contributed by atoms with Crippen LogP contribution in [0.4, 0.5) is 9.93 Å². The number of nitrogens with zero attached hydrogens (tertiary/aromatic N) is 2. The molecular formula is C27H28N4O7S. The van der Waals surface area contributed by atoms with Crippen molar-refractivity contribution in [2.24, 2.45) is 0 Å². The average molecular weight is 553 g/mol. The number of thiazole rings is 1. The summed E-state index contributed by atoms with van der Waals surface area (Å²) in [6, 6.07) is 13.0. The van der Waals surface area contributed by atoms with Crippen molar-refractivity contribution in [3.8, 4) is 5.75 Å². The summed E-state index contributed by atoms with van der Waals surface area (Å²) in [5.74, 6) is -1.80. The number of hydrogen-bond donors (Lipinski definition) is 2. The highest BCUT2D eigenvalue weighted by atomic mass is 32.1. The third kappa shape index (κ3) is 6.24. The molecule has 1 fully saturated rings. The molecule has 39 heavy (non-hydrogen) atoms. The van der Waals surface area contributed by atoms with Gasteiger partial charge in [-0.05, 0) is 23.3 Å². The first-order valence-electron chi connectivity index (χ1n) is 12.1. The highest BCUT2D eigenvalue weighted by Gasteiger charge is 2.47. The van der Waals surface area contributed by atoms with Gasteiger partial charge in [0.15, 0.2) is 10.8 Å². The molecule has 3 atom stereocenters. The number of imide groups is 1. The Morgan fingerprint density at radius 1 is 1.08 bits per heavy atom. The number of hydrogen-bond acceptors (Lipinski definition) is 9. The molecule has 4 rings (SSSR count). The molecule has 1 saturated heterocycles. The first kappa shape index (κ1) is 27.7. The molecular weight excluding hydrogens is 524 g/mol. The van der Waals surface area contributed by atoms with E-state index in [1.165, 1.54) is 12.5 Å². The molecule has 0 bridgehead atoms. The predicted octanol–water partition coefficient (Wildman–Crippen LogP) is 3.36. The van der Waals surface area contributed by atoms with Crippen molar-refractivity contribution in [3.05, 3.63) is 76.8 Å². The molecule has 2 heterocycles. The van der Waals surface area contributed by atoms with Gasteiger partial charge in [0, 0.05) is 18.4 Å². The number of urea groups is 1. The van der Waals surface area contributed by atoms with Crippen LogP contribution in [0.3, 0.4) is 0 Å². The van der Waals surface area contributed by atoms with Gasteiger partial charge in [-0.25, -0.2) is 19.5 Å². The molecule has 11 nitrogen and oxygen atoms in total. The molecule has 2 N–H and O–H groups in total. The number of methoxy groups -OCH3 is 2. The summed E-state index contributed by atoms with van der Waals surface area (Å²) in [5, 5.41) is 6.94. The Hall–Kier alpha value is -4.29. The Balaban J connectivity index is 1.59. The van der Waals surface area contributed by atoms with Crippen LogP contribution in [0.15, 0.2) is 60.0 Å². The first-order chi connectivity index (χ1) is 18.8. The Labute approximate surface area is 229 Å². The highest BCUT2D eigenvalue weighted by Crippen LogP contribution is 2.32. The molecule has 2 aromatic carbocycles. The molecule has 1 aliphatic rings. The Kier molecular flexibility index (Phi) is 8.89. The summed E-state index contributed by atoms with van der Waals surface area (Å²) >= 11 is 1.03. The largest absolute Gasteiger partial charge is 0.491 e. The summed E-state index contributed by atoms with van der Waals surface area (Å²) in [6.45, 7) is 2.57. The number of carbonyl (C=O) groups excluding carboxylic acids is 4. The van der Waals surface area contributed by atoms with Gasteiger partial charge in [0.25, 0.3) is 5.91 Å². The van der Waals surface area contributed by atoms with Gasteiger partial charge in [0.05, 0.1) is 13.7 Å². The maximum Gasteiger partial charge on any atom is 0.357 e. The van der Waals surface area contributed by atoms with E-state index in [0.29, 0.717) is 24.5 Å². The second-order valence-electron chi connectivity index (χ2n) is 8.66. The van der Waals surface area contributed by atoms with Crippen LogP contribution < -0.4 is 15.4 Å². The van der Waals surface area contributed by atoms with Crippen molar-refractivity contribution in [1.82, 2.24) is 15.2 Å².